The second-order valence-corrected chi connectivity index (χ2v) is 7.01. The number of hydrogen-bond donors (Lipinski definition) is 3. The average molecular weight is 434 g/mol. The number of aliphatic imine (C=N–C) groups is 1. The Labute approximate surface area is 174 Å². The van der Waals surface area contributed by atoms with E-state index >= 15 is 0 Å². The monoisotopic (exact) mass is 434 g/mol. The molecule has 2 atom stereocenters. The van der Waals surface area contributed by atoms with Crippen molar-refractivity contribution in [2.45, 2.75) is 18.8 Å². The van der Waals surface area contributed by atoms with Crippen LogP contribution < -0.4 is 16.0 Å². The molecule has 2 aromatic rings. The highest BCUT2D eigenvalue weighted by atomic mass is 19.2. The van der Waals surface area contributed by atoms with E-state index in [9.17, 15) is 27.9 Å². The van der Waals surface area contributed by atoms with E-state index in [-0.39, 0.29) is 18.8 Å². The van der Waals surface area contributed by atoms with E-state index in [0.717, 1.165) is 16.0 Å². The summed E-state index contributed by atoms with van der Waals surface area (Å²) in [5, 5.41) is 12.9. The Morgan fingerprint density at radius 1 is 1.26 bits per heavy atom. The number of ether oxygens (including phenoxy) is 1. The quantitative estimate of drug-likeness (QED) is 0.622. The van der Waals surface area contributed by atoms with Gasteiger partial charge in [0.1, 0.15) is 5.84 Å². The minimum Gasteiger partial charge on any atom is -0.383 e. The number of carbonyl (C=O) groups excluding carboxylic acids is 2. The van der Waals surface area contributed by atoms with Crippen LogP contribution in [0.1, 0.15) is 11.1 Å². The first-order valence-corrected chi connectivity index (χ1v) is 9.26. The molecule has 0 spiro atoms. The average Bonchev–Trinajstić information content (AvgIpc) is 3.11. The highest BCUT2D eigenvalue weighted by molar-refractivity contribution is 6.04. The lowest BCUT2D eigenvalue weighted by Crippen LogP contribution is -2.55. The second-order valence-electron chi connectivity index (χ2n) is 7.01. The van der Waals surface area contributed by atoms with Crippen molar-refractivity contribution in [3.63, 3.8) is 0 Å². The van der Waals surface area contributed by atoms with Crippen LogP contribution in [0.15, 0.2) is 35.3 Å². The SMILES string of the molecule is NC1=NCc2cc(NC(=O)[C@H](O)[C@H]3OCCN(c4cc(F)c(F)c(F)c4)C3=O)ccc21. The van der Waals surface area contributed by atoms with Gasteiger partial charge >= 0.3 is 0 Å². The molecule has 11 heteroatoms. The van der Waals surface area contributed by atoms with Gasteiger partial charge in [0.05, 0.1) is 13.2 Å². The van der Waals surface area contributed by atoms with Gasteiger partial charge in [-0.15, -0.1) is 0 Å². The van der Waals surface area contributed by atoms with Crippen molar-refractivity contribution >= 4 is 29.0 Å². The number of fused-ring (bicyclic) bond motifs is 1. The molecule has 2 aliphatic rings. The molecule has 0 radical (unpaired) electrons. The molecular formula is C20H17F3N4O4. The number of morpholine rings is 1. The fraction of sp³-hybridized carbons (Fsp3) is 0.250. The Hall–Kier alpha value is -3.44. The number of carbonyl (C=O) groups is 2. The number of amidine groups is 1. The van der Waals surface area contributed by atoms with Crippen molar-refractivity contribution < 1.29 is 32.6 Å². The van der Waals surface area contributed by atoms with Crippen molar-refractivity contribution in [2.24, 2.45) is 10.7 Å². The lowest BCUT2D eigenvalue weighted by Gasteiger charge is -2.34. The molecule has 0 aliphatic carbocycles. The van der Waals surface area contributed by atoms with Crippen LogP contribution in [0.25, 0.3) is 0 Å². The first-order chi connectivity index (χ1) is 14.8. The van der Waals surface area contributed by atoms with Crippen LogP contribution in [0.2, 0.25) is 0 Å². The van der Waals surface area contributed by atoms with Gasteiger partial charge in [-0.25, -0.2) is 13.2 Å². The van der Waals surface area contributed by atoms with Crippen LogP contribution in [-0.4, -0.2) is 48.1 Å². The topological polar surface area (TPSA) is 117 Å². The summed E-state index contributed by atoms with van der Waals surface area (Å²) in [6.07, 6.45) is -3.52. The third kappa shape index (κ3) is 3.84. The lowest BCUT2D eigenvalue weighted by molar-refractivity contribution is -0.150. The summed E-state index contributed by atoms with van der Waals surface area (Å²) in [6, 6.07) is 6.19. The zero-order valence-electron chi connectivity index (χ0n) is 15.9. The Bertz CT molecular complexity index is 1080. The molecule has 0 aromatic heterocycles. The van der Waals surface area contributed by atoms with Gasteiger partial charge in [0, 0.05) is 35.6 Å². The van der Waals surface area contributed by atoms with Crippen LogP contribution in [-0.2, 0) is 20.9 Å². The predicted molar refractivity (Wildman–Crippen MR) is 104 cm³/mol. The number of nitrogens with one attached hydrogen (secondary N) is 1. The highest BCUT2D eigenvalue weighted by Gasteiger charge is 2.39. The number of halogens is 3. The third-order valence-electron chi connectivity index (χ3n) is 5.03. The fourth-order valence-electron chi connectivity index (χ4n) is 3.45. The summed E-state index contributed by atoms with van der Waals surface area (Å²) < 4.78 is 45.6. The molecule has 31 heavy (non-hydrogen) atoms. The molecule has 0 bridgehead atoms. The number of hydrogen-bond acceptors (Lipinski definition) is 6. The van der Waals surface area contributed by atoms with Crippen LogP contribution >= 0.6 is 0 Å². The van der Waals surface area contributed by atoms with Gasteiger partial charge in [-0.1, -0.05) is 0 Å². The maximum Gasteiger partial charge on any atom is 0.259 e. The minimum atomic E-state index is -1.90. The maximum atomic E-state index is 13.6. The van der Waals surface area contributed by atoms with Gasteiger partial charge < -0.3 is 25.8 Å². The number of anilines is 2. The van der Waals surface area contributed by atoms with Crippen molar-refractivity contribution in [3.05, 3.63) is 58.9 Å². The Morgan fingerprint density at radius 3 is 2.68 bits per heavy atom. The van der Waals surface area contributed by atoms with Gasteiger partial charge in [-0.05, 0) is 23.8 Å². The molecule has 1 saturated heterocycles. The minimum absolute atomic E-state index is 0.0968. The summed E-state index contributed by atoms with van der Waals surface area (Å²) in [7, 11) is 0. The number of amides is 2. The zero-order chi connectivity index (χ0) is 22.3. The molecule has 2 aliphatic heterocycles. The molecule has 0 saturated carbocycles. The van der Waals surface area contributed by atoms with Gasteiger partial charge in [0.25, 0.3) is 11.8 Å². The first kappa shape index (κ1) is 20.8. The molecule has 4 rings (SSSR count). The van der Waals surface area contributed by atoms with Gasteiger partial charge in [-0.3, -0.25) is 14.6 Å². The predicted octanol–water partition coefficient (Wildman–Crippen LogP) is 1.05. The number of rotatable bonds is 4. The largest absolute Gasteiger partial charge is 0.383 e. The number of benzene rings is 2. The van der Waals surface area contributed by atoms with E-state index in [2.05, 4.69) is 10.3 Å². The Kier molecular flexibility index (Phi) is 5.38. The van der Waals surface area contributed by atoms with E-state index in [0.29, 0.717) is 30.2 Å². The molecule has 0 unspecified atom stereocenters. The van der Waals surface area contributed by atoms with Gasteiger partial charge in [0.15, 0.2) is 29.7 Å². The van der Waals surface area contributed by atoms with Crippen molar-refractivity contribution in [1.82, 2.24) is 0 Å². The summed E-state index contributed by atoms with van der Waals surface area (Å²) in [5.41, 5.74) is 7.39. The zero-order valence-corrected chi connectivity index (χ0v) is 15.9. The van der Waals surface area contributed by atoms with Crippen LogP contribution in [0, 0.1) is 17.5 Å². The van der Waals surface area contributed by atoms with E-state index in [4.69, 9.17) is 10.5 Å². The highest BCUT2D eigenvalue weighted by Crippen LogP contribution is 2.25. The number of nitrogens with two attached hydrogens (primary N) is 1. The van der Waals surface area contributed by atoms with E-state index < -0.39 is 41.5 Å². The number of aliphatic hydroxyl groups is 1. The summed E-state index contributed by atoms with van der Waals surface area (Å²) in [4.78, 5) is 30.2. The third-order valence-corrected chi connectivity index (χ3v) is 5.03. The molecule has 4 N–H and O–H groups in total. The maximum absolute atomic E-state index is 13.6. The van der Waals surface area contributed by atoms with Crippen LogP contribution in [0.4, 0.5) is 24.5 Å². The van der Waals surface area contributed by atoms with Crippen LogP contribution in [0.3, 0.4) is 0 Å². The van der Waals surface area contributed by atoms with Crippen LogP contribution in [0.5, 0.6) is 0 Å². The van der Waals surface area contributed by atoms with Crippen molar-refractivity contribution in [3.8, 4) is 0 Å². The molecule has 2 amide bonds. The smallest absolute Gasteiger partial charge is 0.259 e. The summed E-state index contributed by atoms with van der Waals surface area (Å²) in [5.74, 6) is -6.02. The molecule has 162 valence electrons. The molecule has 1 fully saturated rings. The van der Waals surface area contributed by atoms with Crippen molar-refractivity contribution in [2.75, 3.05) is 23.4 Å². The van der Waals surface area contributed by atoms with E-state index in [1.54, 1.807) is 18.2 Å². The van der Waals surface area contributed by atoms with Gasteiger partial charge in [0.2, 0.25) is 0 Å². The Balaban J connectivity index is 1.48. The second kappa shape index (κ2) is 8.00. The number of nitrogens with zero attached hydrogens (tertiary/aromatic N) is 2. The molecule has 2 aromatic carbocycles. The molecule has 2 heterocycles. The summed E-state index contributed by atoms with van der Waals surface area (Å²) >= 11 is 0. The molecular weight excluding hydrogens is 417 g/mol. The van der Waals surface area contributed by atoms with E-state index in [1.807, 2.05) is 0 Å². The standard InChI is InChI=1S/C20H17F3N4O4/c21-13-6-11(7-14(22)15(13)23)27-3-4-31-17(20(27)30)16(28)19(29)26-10-1-2-12-9(5-10)8-25-18(12)24/h1-2,5-7,16-17,28H,3-4,8H2,(H2,24,25)(H,26,29)/t16-,17-/m1/s1. The first-order valence-electron chi connectivity index (χ1n) is 9.26. The normalized spacial score (nSPS) is 19.1. The molecule has 8 nitrogen and oxygen atoms in total. The summed E-state index contributed by atoms with van der Waals surface area (Å²) in [6.45, 7) is 0.147. The Morgan fingerprint density at radius 2 is 1.97 bits per heavy atom. The van der Waals surface area contributed by atoms with Gasteiger partial charge in [-0.2, -0.15) is 0 Å². The van der Waals surface area contributed by atoms with E-state index in [1.165, 1.54) is 0 Å². The fourth-order valence-corrected chi connectivity index (χ4v) is 3.45. The van der Waals surface area contributed by atoms with Crippen molar-refractivity contribution in [1.29, 1.82) is 0 Å². The lowest BCUT2D eigenvalue weighted by atomic mass is 10.1. The number of aliphatic hydroxyl groups excluding tert-OH is 1.